The normalized spacial score (nSPS) is 8.67. The SMILES string of the molecule is Cc1nn(C)cc1N.[Cl-]. The molecule has 0 atom stereocenters. The second-order valence-electron chi connectivity index (χ2n) is 1.84. The fraction of sp³-hybridized carbons (Fsp3) is 0.400. The Hall–Kier alpha value is -0.700. The molecule has 0 fully saturated rings. The molecule has 0 unspecified atom stereocenters. The number of nitrogen functional groups attached to an aromatic ring is 1. The lowest BCUT2D eigenvalue weighted by molar-refractivity contribution is -0.00000198. The van der Waals surface area contributed by atoms with Crippen LogP contribution < -0.4 is 18.1 Å². The molecule has 1 rings (SSSR count). The Morgan fingerprint density at radius 2 is 2.22 bits per heavy atom. The van der Waals surface area contributed by atoms with Crippen LogP contribution in [0.1, 0.15) is 5.69 Å². The highest BCUT2D eigenvalue weighted by Gasteiger charge is 1.93. The molecule has 1 aromatic rings. The molecule has 0 radical (unpaired) electrons. The van der Waals surface area contributed by atoms with E-state index in [4.69, 9.17) is 5.73 Å². The van der Waals surface area contributed by atoms with Gasteiger partial charge in [-0.05, 0) is 6.92 Å². The van der Waals surface area contributed by atoms with Crippen LogP contribution in [-0.4, -0.2) is 9.78 Å². The third-order valence-electron chi connectivity index (χ3n) is 1.05. The first-order valence-electron chi connectivity index (χ1n) is 2.46. The molecule has 0 aliphatic rings. The third kappa shape index (κ3) is 1.61. The number of hydrogen-bond acceptors (Lipinski definition) is 2. The molecular formula is C5H9ClN3-. The van der Waals surface area contributed by atoms with Crippen LogP contribution in [0.15, 0.2) is 6.20 Å². The molecule has 0 aliphatic heterocycles. The summed E-state index contributed by atoms with van der Waals surface area (Å²) in [6.45, 7) is 1.88. The van der Waals surface area contributed by atoms with Crippen molar-refractivity contribution in [3.63, 3.8) is 0 Å². The van der Waals surface area contributed by atoms with Crippen LogP contribution in [0.4, 0.5) is 5.69 Å². The Balaban J connectivity index is 0.000000640. The maximum Gasteiger partial charge on any atom is 0.0822 e. The summed E-state index contributed by atoms with van der Waals surface area (Å²) in [5.41, 5.74) is 7.11. The van der Waals surface area contributed by atoms with Gasteiger partial charge in [0.25, 0.3) is 0 Å². The molecule has 0 aromatic carbocycles. The van der Waals surface area contributed by atoms with Crippen molar-refractivity contribution in [3.8, 4) is 0 Å². The van der Waals surface area contributed by atoms with Crippen molar-refractivity contribution in [1.82, 2.24) is 9.78 Å². The van der Waals surface area contributed by atoms with Crippen molar-refractivity contribution in [2.24, 2.45) is 7.05 Å². The molecule has 1 aromatic heterocycles. The third-order valence-corrected chi connectivity index (χ3v) is 1.05. The number of nitrogens with two attached hydrogens (primary N) is 1. The van der Waals surface area contributed by atoms with Gasteiger partial charge in [0.2, 0.25) is 0 Å². The van der Waals surface area contributed by atoms with Crippen molar-refractivity contribution in [2.45, 2.75) is 6.92 Å². The van der Waals surface area contributed by atoms with Crippen LogP contribution in [0.2, 0.25) is 0 Å². The minimum Gasteiger partial charge on any atom is -1.00 e. The topological polar surface area (TPSA) is 43.8 Å². The lowest BCUT2D eigenvalue weighted by atomic mass is 10.4. The van der Waals surface area contributed by atoms with Gasteiger partial charge < -0.3 is 18.1 Å². The van der Waals surface area contributed by atoms with E-state index in [0.717, 1.165) is 11.4 Å². The molecule has 4 heteroatoms. The summed E-state index contributed by atoms with van der Waals surface area (Å²) in [6, 6.07) is 0. The van der Waals surface area contributed by atoms with E-state index >= 15 is 0 Å². The summed E-state index contributed by atoms with van der Waals surface area (Å²) in [5, 5.41) is 4.00. The van der Waals surface area contributed by atoms with Gasteiger partial charge in [0, 0.05) is 13.2 Å². The number of halogens is 1. The minimum absolute atomic E-state index is 0. The Morgan fingerprint density at radius 3 is 2.33 bits per heavy atom. The predicted molar refractivity (Wildman–Crippen MR) is 32.4 cm³/mol. The average Bonchev–Trinajstić information content (AvgIpc) is 1.85. The van der Waals surface area contributed by atoms with Crippen LogP contribution in [0, 0.1) is 6.92 Å². The van der Waals surface area contributed by atoms with Crippen molar-refractivity contribution in [3.05, 3.63) is 11.9 Å². The van der Waals surface area contributed by atoms with Gasteiger partial charge in [0.1, 0.15) is 0 Å². The van der Waals surface area contributed by atoms with Crippen LogP contribution >= 0.6 is 0 Å². The molecule has 3 nitrogen and oxygen atoms in total. The molecule has 0 aliphatic carbocycles. The fourth-order valence-corrected chi connectivity index (χ4v) is 0.618. The van der Waals surface area contributed by atoms with E-state index in [9.17, 15) is 0 Å². The van der Waals surface area contributed by atoms with Crippen molar-refractivity contribution in [2.75, 3.05) is 5.73 Å². The van der Waals surface area contributed by atoms with E-state index in [1.54, 1.807) is 10.9 Å². The van der Waals surface area contributed by atoms with Crippen molar-refractivity contribution >= 4 is 5.69 Å². The van der Waals surface area contributed by atoms with E-state index in [1.165, 1.54) is 0 Å². The standard InChI is InChI=1S/C5H9N3.ClH/c1-4-5(6)3-8(2)7-4;/h3H,6H2,1-2H3;1H/p-1. The second-order valence-corrected chi connectivity index (χ2v) is 1.84. The van der Waals surface area contributed by atoms with Crippen LogP contribution in [0.25, 0.3) is 0 Å². The number of hydrogen-bond donors (Lipinski definition) is 1. The van der Waals surface area contributed by atoms with Gasteiger partial charge in [-0.15, -0.1) is 0 Å². The van der Waals surface area contributed by atoms with Crippen LogP contribution in [-0.2, 0) is 7.05 Å². The van der Waals surface area contributed by atoms with Crippen LogP contribution in [0.3, 0.4) is 0 Å². The van der Waals surface area contributed by atoms with Gasteiger partial charge in [-0.3, -0.25) is 4.68 Å². The lowest BCUT2D eigenvalue weighted by Crippen LogP contribution is -3.00. The molecule has 9 heavy (non-hydrogen) atoms. The maximum atomic E-state index is 5.46. The predicted octanol–water partition coefficient (Wildman–Crippen LogP) is -2.69. The van der Waals surface area contributed by atoms with Crippen molar-refractivity contribution in [1.29, 1.82) is 0 Å². The molecule has 1 heterocycles. The van der Waals surface area contributed by atoms with Crippen LogP contribution in [0.5, 0.6) is 0 Å². The Morgan fingerprint density at radius 1 is 1.67 bits per heavy atom. The number of aromatic nitrogens is 2. The van der Waals surface area contributed by atoms with Gasteiger partial charge in [-0.2, -0.15) is 5.10 Å². The summed E-state index contributed by atoms with van der Waals surface area (Å²) in [4.78, 5) is 0. The van der Waals surface area contributed by atoms with Gasteiger partial charge in [-0.1, -0.05) is 0 Å². The molecule has 0 spiro atoms. The first-order valence-corrected chi connectivity index (χ1v) is 2.46. The van der Waals surface area contributed by atoms with Gasteiger partial charge >= 0.3 is 0 Å². The highest BCUT2D eigenvalue weighted by atomic mass is 35.5. The first kappa shape index (κ1) is 8.30. The smallest absolute Gasteiger partial charge is 0.0822 e. The summed E-state index contributed by atoms with van der Waals surface area (Å²) < 4.78 is 1.70. The zero-order chi connectivity index (χ0) is 6.15. The second kappa shape index (κ2) is 2.73. The molecule has 0 bridgehead atoms. The zero-order valence-corrected chi connectivity index (χ0v) is 6.18. The van der Waals surface area contributed by atoms with Gasteiger partial charge in [0.15, 0.2) is 0 Å². The summed E-state index contributed by atoms with van der Waals surface area (Å²) in [7, 11) is 1.85. The Kier molecular flexibility index (Phi) is 2.52. The summed E-state index contributed by atoms with van der Waals surface area (Å²) in [6.07, 6.45) is 1.79. The number of nitrogens with zero attached hydrogens (tertiary/aromatic N) is 2. The van der Waals surface area contributed by atoms with E-state index < -0.39 is 0 Å². The van der Waals surface area contributed by atoms with Gasteiger partial charge in [-0.25, -0.2) is 0 Å². The Labute approximate surface area is 60.3 Å². The quantitative estimate of drug-likeness (QED) is 0.434. The fourth-order valence-electron chi connectivity index (χ4n) is 0.618. The molecular weight excluding hydrogens is 138 g/mol. The monoisotopic (exact) mass is 146 g/mol. The minimum atomic E-state index is 0. The number of aryl methyl sites for hydroxylation is 2. The highest BCUT2D eigenvalue weighted by molar-refractivity contribution is 5.39. The molecule has 2 N–H and O–H groups in total. The molecule has 0 saturated heterocycles. The first-order chi connectivity index (χ1) is 3.70. The number of anilines is 1. The van der Waals surface area contributed by atoms with E-state index in [-0.39, 0.29) is 12.4 Å². The number of rotatable bonds is 0. The highest BCUT2D eigenvalue weighted by Crippen LogP contribution is 2.03. The van der Waals surface area contributed by atoms with Gasteiger partial charge in [0.05, 0.1) is 11.4 Å². The average molecular weight is 147 g/mol. The largest absolute Gasteiger partial charge is 1.00 e. The zero-order valence-electron chi connectivity index (χ0n) is 5.43. The summed E-state index contributed by atoms with van der Waals surface area (Å²) in [5.74, 6) is 0. The molecule has 52 valence electrons. The maximum absolute atomic E-state index is 5.46. The van der Waals surface area contributed by atoms with E-state index in [2.05, 4.69) is 5.10 Å². The van der Waals surface area contributed by atoms with E-state index in [0.29, 0.717) is 0 Å². The lowest BCUT2D eigenvalue weighted by Gasteiger charge is -1.79. The molecule has 0 saturated carbocycles. The van der Waals surface area contributed by atoms with Crippen molar-refractivity contribution < 1.29 is 12.4 Å². The Bertz CT molecular complexity index is 175. The molecule has 0 amide bonds. The van der Waals surface area contributed by atoms with E-state index in [1.807, 2.05) is 14.0 Å². The summed E-state index contributed by atoms with van der Waals surface area (Å²) >= 11 is 0.